The molecule has 0 radical (unpaired) electrons. The lowest BCUT2D eigenvalue weighted by molar-refractivity contribution is 0.242. The fraction of sp³-hybridized carbons (Fsp3) is 0.231. The lowest BCUT2D eigenvalue weighted by Crippen LogP contribution is -2.24. The molecule has 1 aliphatic rings. The molecule has 1 aromatic carbocycles. The molecule has 0 aliphatic carbocycles. The Balaban J connectivity index is 2.12. The SMILES string of the molecule is NC[C@H]1Cc2c(F)ccc(-c3ncccn3)c2O1. The van der Waals surface area contributed by atoms with Crippen LogP contribution in [0, 0.1) is 5.82 Å². The summed E-state index contributed by atoms with van der Waals surface area (Å²) >= 11 is 0. The van der Waals surface area contributed by atoms with E-state index >= 15 is 0 Å². The van der Waals surface area contributed by atoms with Gasteiger partial charge in [-0.1, -0.05) is 0 Å². The van der Waals surface area contributed by atoms with Gasteiger partial charge in [-0.2, -0.15) is 0 Å². The van der Waals surface area contributed by atoms with Gasteiger partial charge in [0.25, 0.3) is 0 Å². The van der Waals surface area contributed by atoms with Crippen LogP contribution in [0.15, 0.2) is 30.6 Å². The maximum absolute atomic E-state index is 13.7. The van der Waals surface area contributed by atoms with E-state index in [1.165, 1.54) is 6.07 Å². The molecule has 1 aliphatic heterocycles. The number of benzene rings is 1. The molecule has 0 saturated carbocycles. The van der Waals surface area contributed by atoms with E-state index in [1.54, 1.807) is 24.5 Å². The third kappa shape index (κ3) is 1.73. The minimum Gasteiger partial charge on any atom is -0.488 e. The number of nitrogens with zero attached hydrogens (tertiary/aromatic N) is 2. The predicted octanol–water partition coefficient (Wildman–Crippen LogP) is 1.54. The molecule has 0 saturated heterocycles. The van der Waals surface area contributed by atoms with Gasteiger partial charge in [-0.3, -0.25) is 0 Å². The van der Waals surface area contributed by atoms with Crippen LogP contribution in [0.1, 0.15) is 5.56 Å². The van der Waals surface area contributed by atoms with E-state index in [-0.39, 0.29) is 11.9 Å². The maximum Gasteiger partial charge on any atom is 0.162 e. The average molecular weight is 245 g/mol. The highest BCUT2D eigenvalue weighted by Gasteiger charge is 2.28. The molecule has 0 spiro atoms. The Bertz CT molecular complexity index is 574. The largest absolute Gasteiger partial charge is 0.488 e. The molecule has 3 rings (SSSR count). The van der Waals surface area contributed by atoms with E-state index in [4.69, 9.17) is 10.5 Å². The summed E-state index contributed by atoms with van der Waals surface area (Å²) in [6.07, 6.45) is 3.62. The van der Waals surface area contributed by atoms with Gasteiger partial charge in [0.15, 0.2) is 5.82 Å². The zero-order chi connectivity index (χ0) is 12.5. The average Bonchev–Trinajstić information content (AvgIpc) is 2.85. The van der Waals surface area contributed by atoms with Crippen molar-refractivity contribution < 1.29 is 9.13 Å². The molecule has 0 fully saturated rings. The molecule has 92 valence electrons. The minimum atomic E-state index is -0.263. The zero-order valence-corrected chi connectivity index (χ0v) is 9.64. The van der Waals surface area contributed by atoms with Gasteiger partial charge in [0.05, 0.1) is 5.56 Å². The van der Waals surface area contributed by atoms with Crippen molar-refractivity contribution in [2.75, 3.05) is 6.54 Å². The van der Waals surface area contributed by atoms with Crippen LogP contribution in [0.25, 0.3) is 11.4 Å². The van der Waals surface area contributed by atoms with Crippen LogP contribution in [0.4, 0.5) is 4.39 Å². The Labute approximate surface area is 104 Å². The summed E-state index contributed by atoms with van der Waals surface area (Å²) in [7, 11) is 0. The number of fused-ring (bicyclic) bond motifs is 1. The fourth-order valence-corrected chi connectivity index (χ4v) is 2.11. The summed E-state index contributed by atoms with van der Waals surface area (Å²) in [6.45, 7) is 0.364. The summed E-state index contributed by atoms with van der Waals surface area (Å²) in [4.78, 5) is 8.32. The first kappa shape index (κ1) is 11.1. The molecule has 18 heavy (non-hydrogen) atoms. The number of aromatic nitrogens is 2. The summed E-state index contributed by atoms with van der Waals surface area (Å²) in [5.74, 6) is 0.795. The number of hydrogen-bond donors (Lipinski definition) is 1. The maximum atomic E-state index is 13.7. The molecule has 4 nitrogen and oxygen atoms in total. The zero-order valence-electron chi connectivity index (χ0n) is 9.64. The van der Waals surface area contributed by atoms with Gasteiger partial charge in [-0.05, 0) is 18.2 Å². The lowest BCUT2D eigenvalue weighted by Gasteiger charge is -2.09. The van der Waals surface area contributed by atoms with Crippen LogP contribution in [0.2, 0.25) is 0 Å². The van der Waals surface area contributed by atoms with Gasteiger partial charge >= 0.3 is 0 Å². The van der Waals surface area contributed by atoms with Gasteiger partial charge in [0, 0.05) is 30.9 Å². The molecular weight excluding hydrogens is 233 g/mol. The van der Waals surface area contributed by atoms with Gasteiger partial charge in [0.1, 0.15) is 17.7 Å². The first-order valence-electron chi connectivity index (χ1n) is 5.75. The van der Waals surface area contributed by atoms with E-state index in [0.29, 0.717) is 35.7 Å². The van der Waals surface area contributed by atoms with Crippen LogP contribution in [0.5, 0.6) is 5.75 Å². The molecule has 0 unspecified atom stereocenters. The normalized spacial score (nSPS) is 17.3. The number of hydrogen-bond acceptors (Lipinski definition) is 4. The quantitative estimate of drug-likeness (QED) is 0.872. The summed E-state index contributed by atoms with van der Waals surface area (Å²) in [5.41, 5.74) is 6.85. The Morgan fingerprint density at radius 1 is 1.33 bits per heavy atom. The first-order valence-corrected chi connectivity index (χ1v) is 5.75. The Morgan fingerprint density at radius 3 is 2.83 bits per heavy atom. The molecular formula is C13H12FN3O. The molecule has 2 heterocycles. The second kappa shape index (κ2) is 4.34. The van der Waals surface area contributed by atoms with Crippen LogP contribution < -0.4 is 10.5 Å². The van der Waals surface area contributed by atoms with E-state index in [9.17, 15) is 4.39 Å². The highest BCUT2D eigenvalue weighted by Crippen LogP contribution is 2.38. The topological polar surface area (TPSA) is 61.0 Å². The Hall–Kier alpha value is -2.01. The lowest BCUT2D eigenvalue weighted by atomic mass is 10.1. The highest BCUT2D eigenvalue weighted by atomic mass is 19.1. The van der Waals surface area contributed by atoms with Gasteiger partial charge in [-0.15, -0.1) is 0 Å². The molecule has 2 N–H and O–H groups in total. The van der Waals surface area contributed by atoms with Crippen LogP contribution >= 0.6 is 0 Å². The van der Waals surface area contributed by atoms with Crippen molar-refractivity contribution in [2.24, 2.45) is 5.73 Å². The van der Waals surface area contributed by atoms with Crippen LogP contribution in [-0.2, 0) is 6.42 Å². The Morgan fingerprint density at radius 2 is 2.11 bits per heavy atom. The van der Waals surface area contributed by atoms with Crippen molar-refractivity contribution in [1.82, 2.24) is 9.97 Å². The molecule has 0 bridgehead atoms. The van der Waals surface area contributed by atoms with E-state index in [0.717, 1.165) is 0 Å². The smallest absolute Gasteiger partial charge is 0.162 e. The van der Waals surface area contributed by atoms with Gasteiger partial charge in [-0.25, -0.2) is 14.4 Å². The van der Waals surface area contributed by atoms with Crippen molar-refractivity contribution in [1.29, 1.82) is 0 Å². The van der Waals surface area contributed by atoms with E-state index in [2.05, 4.69) is 9.97 Å². The molecule has 1 aromatic heterocycles. The van der Waals surface area contributed by atoms with E-state index in [1.807, 2.05) is 0 Å². The van der Waals surface area contributed by atoms with Crippen molar-refractivity contribution in [3.05, 3.63) is 42.0 Å². The van der Waals surface area contributed by atoms with Crippen LogP contribution in [0.3, 0.4) is 0 Å². The summed E-state index contributed by atoms with van der Waals surface area (Å²) in [5, 5.41) is 0. The standard InChI is InChI=1S/C13H12FN3O/c14-11-3-2-9(13-16-4-1-5-17-13)12-10(11)6-8(7-15)18-12/h1-5,8H,6-7,15H2/t8-/m1/s1. The van der Waals surface area contributed by atoms with Crippen molar-refractivity contribution in [2.45, 2.75) is 12.5 Å². The van der Waals surface area contributed by atoms with Crippen LogP contribution in [-0.4, -0.2) is 22.6 Å². The second-order valence-corrected chi connectivity index (χ2v) is 4.15. The van der Waals surface area contributed by atoms with Crippen molar-refractivity contribution in [3.63, 3.8) is 0 Å². The predicted molar refractivity (Wildman–Crippen MR) is 64.6 cm³/mol. The number of rotatable bonds is 2. The molecule has 0 amide bonds. The third-order valence-corrected chi connectivity index (χ3v) is 2.99. The molecule has 1 atom stereocenters. The monoisotopic (exact) mass is 245 g/mol. The minimum absolute atomic E-state index is 0.167. The summed E-state index contributed by atoms with van der Waals surface area (Å²) in [6, 6.07) is 4.80. The number of ether oxygens (including phenoxy) is 1. The fourth-order valence-electron chi connectivity index (χ4n) is 2.11. The first-order chi connectivity index (χ1) is 8.79. The molecule has 2 aromatic rings. The number of nitrogens with two attached hydrogens (primary N) is 1. The highest BCUT2D eigenvalue weighted by molar-refractivity contribution is 5.67. The Kier molecular flexibility index (Phi) is 2.68. The van der Waals surface area contributed by atoms with Gasteiger partial charge in [0.2, 0.25) is 0 Å². The van der Waals surface area contributed by atoms with Crippen molar-refractivity contribution in [3.8, 4) is 17.1 Å². The third-order valence-electron chi connectivity index (χ3n) is 2.99. The second-order valence-electron chi connectivity index (χ2n) is 4.15. The summed E-state index contributed by atoms with van der Waals surface area (Å²) < 4.78 is 19.4. The van der Waals surface area contributed by atoms with E-state index < -0.39 is 0 Å². The van der Waals surface area contributed by atoms with Gasteiger partial charge < -0.3 is 10.5 Å². The van der Waals surface area contributed by atoms with Crippen molar-refractivity contribution >= 4 is 0 Å². The number of halogens is 1. The molecule has 5 heteroatoms.